The van der Waals surface area contributed by atoms with Gasteiger partial charge in [-0.3, -0.25) is 4.79 Å². The summed E-state index contributed by atoms with van der Waals surface area (Å²) in [5.41, 5.74) is 3.51. The first-order chi connectivity index (χ1) is 14.3. The second-order valence-corrected chi connectivity index (χ2v) is 7.58. The topological polar surface area (TPSA) is 85.2 Å². The van der Waals surface area contributed by atoms with Crippen LogP contribution >= 0.6 is 0 Å². The van der Waals surface area contributed by atoms with E-state index in [9.17, 15) is 4.79 Å². The molecule has 3 heterocycles. The zero-order valence-electron chi connectivity index (χ0n) is 16.3. The van der Waals surface area contributed by atoms with E-state index in [-0.39, 0.29) is 0 Å². The van der Waals surface area contributed by atoms with E-state index in [4.69, 9.17) is 19.8 Å². The lowest BCUT2D eigenvalue weighted by atomic mass is 10.1. The second kappa shape index (κ2) is 7.79. The lowest BCUT2D eigenvalue weighted by molar-refractivity contribution is -0.105. The van der Waals surface area contributed by atoms with Crippen LogP contribution in [0.15, 0.2) is 30.5 Å². The Bertz CT molecular complexity index is 1000. The lowest BCUT2D eigenvalue weighted by Gasteiger charge is -2.27. The molecule has 0 spiro atoms. The summed E-state index contributed by atoms with van der Waals surface area (Å²) in [5.74, 6) is 0.727. The summed E-state index contributed by atoms with van der Waals surface area (Å²) < 4.78 is 7.60. The second-order valence-electron chi connectivity index (χ2n) is 7.58. The molecule has 1 aliphatic heterocycles. The van der Waals surface area contributed by atoms with Crippen molar-refractivity contribution in [3.63, 3.8) is 0 Å². The molecule has 3 aromatic rings. The number of morpholine rings is 1. The molecule has 2 fully saturated rings. The van der Waals surface area contributed by atoms with Crippen LogP contribution in [0, 0.1) is 0 Å². The summed E-state index contributed by atoms with van der Waals surface area (Å²) in [5, 5.41) is 8.35. The Morgan fingerprint density at radius 3 is 2.55 bits per heavy atom. The first-order valence-electron chi connectivity index (χ1n) is 10.2. The van der Waals surface area contributed by atoms with E-state index in [0.717, 1.165) is 59.9 Å². The fourth-order valence-corrected chi connectivity index (χ4v) is 4.25. The third kappa shape index (κ3) is 3.44. The number of carbonyl (C=O) groups is 1. The number of benzene rings is 1. The van der Waals surface area contributed by atoms with Crippen LogP contribution in [0.4, 0.5) is 11.6 Å². The van der Waals surface area contributed by atoms with Crippen LogP contribution in [0.5, 0.6) is 0 Å². The monoisotopic (exact) mass is 392 g/mol. The number of carbonyl (C=O) groups excluding carboxylic acids is 1. The van der Waals surface area contributed by atoms with Gasteiger partial charge in [-0.15, -0.1) is 0 Å². The maximum absolute atomic E-state index is 10.7. The van der Waals surface area contributed by atoms with Gasteiger partial charge in [0.05, 0.1) is 36.5 Å². The molecule has 29 heavy (non-hydrogen) atoms. The molecule has 2 aliphatic rings. The van der Waals surface area contributed by atoms with E-state index in [2.05, 4.69) is 14.9 Å². The third-order valence-corrected chi connectivity index (χ3v) is 5.79. The normalized spacial score (nSPS) is 17.7. The standard InChI is InChI=1S/C21H24N6O2/c28-14-22-16-7-5-15(6-8-16)19-18-13-23-27(17-3-1-2-4-17)20(18)25-21(24-19)26-9-11-29-12-10-26/h5-8,13-14,17H,1-4,9-12H2,(H,22,28). The quantitative estimate of drug-likeness (QED) is 0.672. The first-order valence-corrected chi connectivity index (χ1v) is 10.2. The Morgan fingerprint density at radius 2 is 1.83 bits per heavy atom. The highest BCUT2D eigenvalue weighted by Gasteiger charge is 2.24. The largest absolute Gasteiger partial charge is 0.378 e. The molecule has 1 saturated heterocycles. The highest BCUT2D eigenvalue weighted by Crippen LogP contribution is 2.34. The molecule has 0 bridgehead atoms. The van der Waals surface area contributed by atoms with E-state index in [1.54, 1.807) is 0 Å². The van der Waals surface area contributed by atoms with Crippen molar-refractivity contribution in [3.8, 4) is 11.3 Å². The fraction of sp³-hybridized carbons (Fsp3) is 0.429. The Kier molecular flexibility index (Phi) is 4.85. The van der Waals surface area contributed by atoms with E-state index >= 15 is 0 Å². The number of aromatic nitrogens is 4. The van der Waals surface area contributed by atoms with Gasteiger partial charge in [0.1, 0.15) is 0 Å². The fourth-order valence-electron chi connectivity index (χ4n) is 4.25. The van der Waals surface area contributed by atoms with Gasteiger partial charge in [-0.05, 0) is 25.0 Å². The molecular weight excluding hydrogens is 368 g/mol. The maximum Gasteiger partial charge on any atom is 0.228 e. The van der Waals surface area contributed by atoms with Gasteiger partial charge >= 0.3 is 0 Å². The molecule has 0 unspecified atom stereocenters. The van der Waals surface area contributed by atoms with Crippen LogP contribution in [0.25, 0.3) is 22.3 Å². The molecule has 1 saturated carbocycles. The summed E-state index contributed by atoms with van der Waals surface area (Å²) in [6.07, 6.45) is 7.35. The van der Waals surface area contributed by atoms with Crippen LogP contribution < -0.4 is 10.2 Å². The van der Waals surface area contributed by atoms with E-state index in [1.807, 2.05) is 30.5 Å². The van der Waals surface area contributed by atoms with Gasteiger partial charge in [0, 0.05) is 24.3 Å². The molecule has 1 aromatic carbocycles. The van der Waals surface area contributed by atoms with E-state index in [1.165, 1.54) is 12.8 Å². The smallest absolute Gasteiger partial charge is 0.228 e. The van der Waals surface area contributed by atoms with Crippen molar-refractivity contribution in [3.05, 3.63) is 30.5 Å². The van der Waals surface area contributed by atoms with Crippen LogP contribution in [-0.2, 0) is 9.53 Å². The highest BCUT2D eigenvalue weighted by atomic mass is 16.5. The van der Waals surface area contributed by atoms with Gasteiger partial charge in [0.2, 0.25) is 12.4 Å². The van der Waals surface area contributed by atoms with Crippen LogP contribution in [-0.4, -0.2) is 52.5 Å². The third-order valence-electron chi connectivity index (χ3n) is 5.79. The molecular formula is C21H24N6O2. The lowest BCUT2D eigenvalue weighted by Crippen LogP contribution is -2.37. The number of hydrogen-bond acceptors (Lipinski definition) is 6. The molecule has 0 atom stereocenters. The maximum atomic E-state index is 10.7. The van der Waals surface area contributed by atoms with Crippen molar-refractivity contribution in [2.45, 2.75) is 31.7 Å². The van der Waals surface area contributed by atoms with Gasteiger partial charge in [-0.1, -0.05) is 25.0 Å². The van der Waals surface area contributed by atoms with Gasteiger partial charge in [-0.25, -0.2) is 9.67 Å². The molecule has 1 aliphatic carbocycles. The number of hydrogen-bond donors (Lipinski definition) is 1. The number of rotatable bonds is 5. The number of nitrogens with one attached hydrogen (secondary N) is 1. The summed E-state index contributed by atoms with van der Waals surface area (Å²) in [4.78, 5) is 22.7. The zero-order chi connectivity index (χ0) is 19.6. The predicted molar refractivity (Wildman–Crippen MR) is 111 cm³/mol. The molecule has 8 nitrogen and oxygen atoms in total. The van der Waals surface area contributed by atoms with Crippen molar-refractivity contribution in [2.24, 2.45) is 0 Å². The number of anilines is 2. The Morgan fingerprint density at radius 1 is 1.07 bits per heavy atom. The minimum Gasteiger partial charge on any atom is -0.378 e. The summed E-state index contributed by atoms with van der Waals surface area (Å²) in [6, 6.07) is 8.13. The summed E-state index contributed by atoms with van der Waals surface area (Å²) in [7, 11) is 0. The highest BCUT2D eigenvalue weighted by molar-refractivity contribution is 5.91. The molecule has 150 valence electrons. The Labute approximate surface area is 168 Å². The van der Waals surface area contributed by atoms with Crippen LogP contribution in [0.2, 0.25) is 0 Å². The van der Waals surface area contributed by atoms with E-state index in [0.29, 0.717) is 25.7 Å². The number of nitrogens with zero attached hydrogens (tertiary/aromatic N) is 5. The van der Waals surface area contributed by atoms with Crippen molar-refractivity contribution < 1.29 is 9.53 Å². The van der Waals surface area contributed by atoms with Crippen LogP contribution in [0.1, 0.15) is 31.7 Å². The van der Waals surface area contributed by atoms with Gasteiger partial charge in [0.25, 0.3) is 0 Å². The van der Waals surface area contributed by atoms with Crippen molar-refractivity contribution in [1.82, 2.24) is 19.7 Å². The van der Waals surface area contributed by atoms with Crippen molar-refractivity contribution in [2.75, 3.05) is 36.5 Å². The predicted octanol–water partition coefficient (Wildman–Crippen LogP) is 3.01. The zero-order valence-corrected chi connectivity index (χ0v) is 16.3. The van der Waals surface area contributed by atoms with Gasteiger partial charge in [-0.2, -0.15) is 10.1 Å². The summed E-state index contributed by atoms with van der Waals surface area (Å²) >= 11 is 0. The average Bonchev–Trinajstić information content (AvgIpc) is 3.44. The summed E-state index contributed by atoms with van der Waals surface area (Å²) in [6.45, 7) is 2.94. The van der Waals surface area contributed by atoms with Crippen molar-refractivity contribution in [1.29, 1.82) is 0 Å². The average molecular weight is 392 g/mol. The molecule has 8 heteroatoms. The SMILES string of the molecule is O=CNc1ccc(-c2nc(N3CCOCC3)nc3c2cnn3C2CCCC2)cc1. The van der Waals surface area contributed by atoms with Crippen molar-refractivity contribution >= 4 is 29.1 Å². The van der Waals surface area contributed by atoms with Gasteiger partial charge < -0.3 is 15.0 Å². The number of amides is 1. The minimum absolute atomic E-state index is 0.409. The van der Waals surface area contributed by atoms with Gasteiger partial charge in [0.15, 0.2) is 5.65 Å². The minimum atomic E-state index is 0.409. The first kappa shape index (κ1) is 18.1. The van der Waals surface area contributed by atoms with E-state index < -0.39 is 0 Å². The molecule has 1 N–H and O–H groups in total. The Balaban J connectivity index is 1.63. The molecule has 2 aromatic heterocycles. The number of fused-ring (bicyclic) bond motifs is 1. The van der Waals surface area contributed by atoms with Crippen LogP contribution in [0.3, 0.4) is 0 Å². The Hall–Kier alpha value is -3.00. The molecule has 5 rings (SSSR count). The molecule has 0 radical (unpaired) electrons. The number of ether oxygens (including phenoxy) is 1. The molecule has 1 amide bonds.